The first-order chi connectivity index (χ1) is 8.81. The second kappa shape index (κ2) is 3.84. The van der Waals surface area contributed by atoms with Gasteiger partial charge in [-0.3, -0.25) is 0 Å². The van der Waals surface area contributed by atoms with E-state index in [-0.39, 0.29) is 0 Å². The van der Waals surface area contributed by atoms with Crippen LogP contribution in [0.15, 0.2) is 22.8 Å². The number of furan rings is 1. The summed E-state index contributed by atoms with van der Waals surface area (Å²) in [6.45, 7) is 3.17. The minimum absolute atomic E-state index is 0.309. The average Bonchev–Trinajstić information content (AvgIpc) is 2.93. The van der Waals surface area contributed by atoms with Crippen molar-refractivity contribution in [2.24, 2.45) is 11.3 Å². The quantitative estimate of drug-likeness (QED) is 0.892. The molecule has 0 radical (unpaired) electrons. The zero-order chi connectivity index (χ0) is 12.2. The molecule has 0 amide bonds. The number of rotatable bonds is 3. The van der Waals surface area contributed by atoms with Crippen LogP contribution in [-0.4, -0.2) is 18.8 Å². The van der Waals surface area contributed by atoms with E-state index >= 15 is 0 Å². The SMILES string of the molecule is C[C@H](N[C@@H]1[C@H]2CCO[C@@H]2C12CCC2)c1ccco1. The molecule has 4 rings (SSSR count). The molecule has 0 bridgehead atoms. The van der Waals surface area contributed by atoms with Gasteiger partial charge in [-0.15, -0.1) is 0 Å². The molecule has 3 fully saturated rings. The first-order valence-corrected chi connectivity index (χ1v) is 7.22. The number of ether oxygens (including phenoxy) is 1. The predicted octanol–water partition coefficient (Wildman–Crippen LogP) is 2.89. The van der Waals surface area contributed by atoms with E-state index in [9.17, 15) is 0 Å². The van der Waals surface area contributed by atoms with Crippen LogP contribution in [0.1, 0.15) is 44.4 Å². The van der Waals surface area contributed by atoms with E-state index in [1.807, 2.05) is 6.07 Å². The van der Waals surface area contributed by atoms with E-state index < -0.39 is 0 Å². The van der Waals surface area contributed by atoms with Gasteiger partial charge in [-0.2, -0.15) is 0 Å². The molecule has 3 heteroatoms. The Bertz CT molecular complexity index is 424. The summed E-state index contributed by atoms with van der Waals surface area (Å²) in [6, 6.07) is 4.98. The van der Waals surface area contributed by atoms with Gasteiger partial charge in [0.25, 0.3) is 0 Å². The molecule has 3 aliphatic rings. The largest absolute Gasteiger partial charge is 0.468 e. The van der Waals surface area contributed by atoms with Gasteiger partial charge in [-0.1, -0.05) is 6.42 Å². The summed E-state index contributed by atoms with van der Waals surface area (Å²) in [5.74, 6) is 1.79. The Morgan fingerprint density at radius 1 is 1.44 bits per heavy atom. The minimum atomic E-state index is 0.309. The molecule has 2 saturated carbocycles. The predicted molar refractivity (Wildman–Crippen MR) is 68.2 cm³/mol. The smallest absolute Gasteiger partial charge is 0.120 e. The minimum Gasteiger partial charge on any atom is -0.468 e. The summed E-state index contributed by atoms with van der Waals surface area (Å²) >= 11 is 0. The molecule has 1 aromatic heterocycles. The molecule has 4 atom stereocenters. The lowest BCUT2D eigenvalue weighted by Crippen LogP contribution is -2.71. The number of hydrogen-bond donors (Lipinski definition) is 1. The first kappa shape index (κ1) is 11.1. The first-order valence-electron chi connectivity index (χ1n) is 7.22. The third-order valence-corrected chi connectivity index (χ3v) is 5.44. The Morgan fingerprint density at radius 3 is 3.00 bits per heavy atom. The van der Waals surface area contributed by atoms with E-state index in [0.717, 1.165) is 18.3 Å². The fourth-order valence-corrected chi connectivity index (χ4v) is 4.38. The Morgan fingerprint density at radius 2 is 2.33 bits per heavy atom. The number of nitrogens with one attached hydrogen (secondary N) is 1. The van der Waals surface area contributed by atoms with Crippen LogP contribution in [0.2, 0.25) is 0 Å². The van der Waals surface area contributed by atoms with Crippen molar-refractivity contribution in [2.75, 3.05) is 6.61 Å². The second-order valence-electron chi connectivity index (χ2n) is 6.21. The summed E-state index contributed by atoms with van der Waals surface area (Å²) < 4.78 is 11.5. The zero-order valence-corrected chi connectivity index (χ0v) is 10.9. The lowest BCUT2D eigenvalue weighted by Gasteiger charge is -2.64. The van der Waals surface area contributed by atoms with E-state index in [1.54, 1.807) is 6.26 Å². The summed E-state index contributed by atoms with van der Waals surface area (Å²) in [6.07, 6.45) is 7.60. The Kier molecular flexibility index (Phi) is 2.36. The highest BCUT2D eigenvalue weighted by molar-refractivity contribution is 5.19. The molecule has 1 saturated heterocycles. The molecule has 1 aliphatic heterocycles. The van der Waals surface area contributed by atoms with Crippen molar-refractivity contribution < 1.29 is 9.15 Å². The van der Waals surface area contributed by atoms with Gasteiger partial charge >= 0.3 is 0 Å². The van der Waals surface area contributed by atoms with Crippen LogP contribution in [0.25, 0.3) is 0 Å². The van der Waals surface area contributed by atoms with Crippen molar-refractivity contribution in [3.05, 3.63) is 24.2 Å². The van der Waals surface area contributed by atoms with Crippen LogP contribution < -0.4 is 5.32 Å². The van der Waals surface area contributed by atoms with E-state index in [0.29, 0.717) is 23.6 Å². The summed E-state index contributed by atoms with van der Waals surface area (Å²) in [5, 5.41) is 3.81. The maximum absolute atomic E-state index is 5.95. The summed E-state index contributed by atoms with van der Waals surface area (Å²) in [4.78, 5) is 0. The molecule has 98 valence electrons. The maximum Gasteiger partial charge on any atom is 0.120 e. The van der Waals surface area contributed by atoms with Gasteiger partial charge in [-0.05, 0) is 38.3 Å². The molecule has 1 aromatic rings. The highest BCUT2D eigenvalue weighted by Crippen LogP contribution is 2.63. The van der Waals surface area contributed by atoms with Crippen LogP contribution in [0.4, 0.5) is 0 Å². The van der Waals surface area contributed by atoms with Gasteiger partial charge in [0.2, 0.25) is 0 Å². The van der Waals surface area contributed by atoms with Crippen LogP contribution in [-0.2, 0) is 4.74 Å². The molecule has 3 nitrogen and oxygen atoms in total. The number of fused-ring (bicyclic) bond motifs is 2. The monoisotopic (exact) mass is 247 g/mol. The molecule has 1 N–H and O–H groups in total. The van der Waals surface area contributed by atoms with Gasteiger partial charge in [0, 0.05) is 24.0 Å². The van der Waals surface area contributed by atoms with Crippen LogP contribution in [0.5, 0.6) is 0 Å². The lowest BCUT2D eigenvalue weighted by atomic mass is 9.46. The third-order valence-electron chi connectivity index (χ3n) is 5.44. The van der Waals surface area contributed by atoms with E-state index in [1.165, 1.54) is 25.7 Å². The lowest BCUT2D eigenvalue weighted by molar-refractivity contribution is -0.178. The van der Waals surface area contributed by atoms with E-state index in [4.69, 9.17) is 9.15 Å². The van der Waals surface area contributed by atoms with Gasteiger partial charge in [0.15, 0.2) is 0 Å². The highest BCUT2D eigenvalue weighted by Gasteiger charge is 2.66. The zero-order valence-electron chi connectivity index (χ0n) is 10.9. The molecule has 0 unspecified atom stereocenters. The average molecular weight is 247 g/mol. The van der Waals surface area contributed by atoms with Gasteiger partial charge in [0.05, 0.1) is 18.4 Å². The maximum atomic E-state index is 5.95. The van der Waals surface area contributed by atoms with Gasteiger partial charge in [0.1, 0.15) is 5.76 Å². The van der Waals surface area contributed by atoms with Crippen LogP contribution in [0.3, 0.4) is 0 Å². The molecule has 2 heterocycles. The molecule has 1 spiro atoms. The van der Waals surface area contributed by atoms with E-state index in [2.05, 4.69) is 18.3 Å². The van der Waals surface area contributed by atoms with Crippen molar-refractivity contribution >= 4 is 0 Å². The van der Waals surface area contributed by atoms with Crippen LogP contribution in [0, 0.1) is 11.3 Å². The van der Waals surface area contributed by atoms with Gasteiger partial charge in [-0.25, -0.2) is 0 Å². The Hall–Kier alpha value is -0.800. The standard InChI is InChI=1S/C15H21NO2/c1-10(12-4-2-8-17-12)16-13-11-5-9-18-14(11)15(13)6-3-7-15/h2,4,8,10-11,13-14,16H,3,5-7,9H2,1H3/t10-,11+,13+,14-/m0/s1. The van der Waals surface area contributed by atoms with Crippen molar-refractivity contribution in [3.63, 3.8) is 0 Å². The molecule has 18 heavy (non-hydrogen) atoms. The van der Waals surface area contributed by atoms with Crippen LogP contribution >= 0.6 is 0 Å². The topological polar surface area (TPSA) is 34.4 Å². The van der Waals surface area contributed by atoms with Crippen molar-refractivity contribution in [1.29, 1.82) is 0 Å². The summed E-state index contributed by atoms with van der Waals surface area (Å²) in [5.41, 5.74) is 0.460. The fourth-order valence-electron chi connectivity index (χ4n) is 4.38. The molecular weight excluding hydrogens is 226 g/mol. The molecular formula is C15H21NO2. The van der Waals surface area contributed by atoms with Crippen molar-refractivity contribution in [3.8, 4) is 0 Å². The molecule has 2 aliphatic carbocycles. The van der Waals surface area contributed by atoms with Crippen molar-refractivity contribution in [1.82, 2.24) is 5.32 Å². The van der Waals surface area contributed by atoms with Crippen molar-refractivity contribution in [2.45, 2.75) is 50.8 Å². The normalized spacial score (nSPS) is 37.9. The Balaban J connectivity index is 1.51. The van der Waals surface area contributed by atoms with Gasteiger partial charge < -0.3 is 14.5 Å². The third kappa shape index (κ3) is 1.32. The second-order valence-corrected chi connectivity index (χ2v) is 6.21. The fraction of sp³-hybridized carbons (Fsp3) is 0.733. The Labute approximate surface area is 108 Å². The summed E-state index contributed by atoms with van der Waals surface area (Å²) in [7, 11) is 0. The molecule has 0 aromatic carbocycles. The highest BCUT2D eigenvalue weighted by atomic mass is 16.5. The number of hydrogen-bond acceptors (Lipinski definition) is 3.